The highest BCUT2D eigenvalue weighted by Crippen LogP contribution is 2.18. The first-order chi connectivity index (χ1) is 16.0. The molecule has 0 saturated heterocycles. The van der Waals surface area contributed by atoms with Crippen LogP contribution >= 0.6 is 0 Å². The number of carbonyl (C=O) groups excluding carboxylic acids is 2. The maximum absolute atomic E-state index is 13.5. The van der Waals surface area contributed by atoms with Gasteiger partial charge < -0.3 is 15.0 Å². The van der Waals surface area contributed by atoms with Crippen LogP contribution in [0.2, 0.25) is 0 Å². The van der Waals surface area contributed by atoms with Gasteiger partial charge in [0.05, 0.1) is 0 Å². The molecule has 5 nitrogen and oxygen atoms in total. The number of carbonyl (C=O) groups is 2. The second-order valence-corrected chi connectivity index (χ2v) is 8.22. The Morgan fingerprint density at radius 2 is 1.45 bits per heavy atom. The zero-order valence-electron chi connectivity index (χ0n) is 19.6. The van der Waals surface area contributed by atoms with E-state index in [1.54, 1.807) is 4.90 Å². The molecule has 0 aliphatic carbocycles. The van der Waals surface area contributed by atoms with Crippen LogP contribution in [0.3, 0.4) is 0 Å². The van der Waals surface area contributed by atoms with E-state index in [4.69, 9.17) is 4.74 Å². The Labute approximate surface area is 196 Å². The fraction of sp³-hybridized carbons (Fsp3) is 0.286. The third-order valence-corrected chi connectivity index (χ3v) is 5.38. The van der Waals surface area contributed by atoms with E-state index in [2.05, 4.69) is 11.4 Å². The van der Waals surface area contributed by atoms with Crippen LogP contribution in [0.15, 0.2) is 78.9 Å². The summed E-state index contributed by atoms with van der Waals surface area (Å²) < 4.78 is 5.87. The van der Waals surface area contributed by atoms with Gasteiger partial charge in [-0.3, -0.25) is 9.59 Å². The van der Waals surface area contributed by atoms with Gasteiger partial charge in [-0.2, -0.15) is 0 Å². The van der Waals surface area contributed by atoms with Gasteiger partial charge in [0.25, 0.3) is 5.91 Å². The Balaban J connectivity index is 1.87. The number of benzene rings is 3. The molecule has 1 N–H and O–H groups in total. The lowest BCUT2D eigenvalue weighted by Gasteiger charge is -2.31. The van der Waals surface area contributed by atoms with Gasteiger partial charge in [0.1, 0.15) is 11.8 Å². The van der Waals surface area contributed by atoms with Crippen molar-refractivity contribution < 1.29 is 14.3 Å². The summed E-state index contributed by atoms with van der Waals surface area (Å²) in [4.78, 5) is 28.2. The molecule has 0 unspecified atom stereocenters. The van der Waals surface area contributed by atoms with Crippen molar-refractivity contribution in [3.63, 3.8) is 0 Å². The molecule has 2 amide bonds. The van der Waals surface area contributed by atoms with E-state index in [9.17, 15) is 9.59 Å². The Morgan fingerprint density at radius 1 is 0.879 bits per heavy atom. The molecule has 33 heavy (non-hydrogen) atoms. The van der Waals surface area contributed by atoms with Crippen LogP contribution in [0, 0.1) is 13.8 Å². The quantitative estimate of drug-likeness (QED) is 0.502. The molecule has 0 radical (unpaired) electrons. The predicted molar refractivity (Wildman–Crippen MR) is 131 cm³/mol. The van der Waals surface area contributed by atoms with Crippen LogP contribution in [0.4, 0.5) is 0 Å². The number of likely N-dealkylation sites (N-methyl/N-ethyl adjacent to an activating group) is 1. The number of hydrogen-bond acceptors (Lipinski definition) is 3. The SMILES string of the molecule is CCNC(=O)[C@@H](Cc1ccccc1)N(Cc1ccccc1)C(=O)COc1cc(C)cc(C)c1. The first-order valence-electron chi connectivity index (χ1n) is 11.3. The summed E-state index contributed by atoms with van der Waals surface area (Å²) in [5.41, 5.74) is 4.10. The van der Waals surface area contributed by atoms with Crippen molar-refractivity contribution >= 4 is 11.8 Å². The molecule has 0 spiro atoms. The highest BCUT2D eigenvalue weighted by atomic mass is 16.5. The monoisotopic (exact) mass is 444 g/mol. The van der Waals surface area contributed by atoms with Crippen molar-refractivity contribution in [2.75, 3.05) is 13.2 Å². The minimum atomic E-state index is -0.650. The molecule has 0 heterocycles. The number of ether oxygens (including phenoxy) is 1. The summed E-state index contributed by atoms with van der Waals surface area (Å²) in [5.74, 6) is 0.250. The van der Waals surface area contributed by atoms with Gasteiger partial charge in [-0.05, 0) is 55.2 Å². The van der Waals surface area contributed by atoms with Crippen molar-refractivity contribution in [2.24, 2.45) is 0 Å². The molecular weight excluding hydrogens is 412 g/mol. The highest BCUT2D eigenvalue weighted by molar-refractivity contribution is 5.88. The summed E-state index contributed by atoms with van der Waals surface area (Å²) in [6.45, 7) is 6.55. The Bertz CT molecular complexity index is 1030. The lowest BCUT2D eigenvalue weighted by molar-refractivity contribution is -0.142. The molecule has 172 valence electrons. The second kappa shape index (κ2) is 11.9. The van der Waals surface area contributed by atoms with Crippen molar-refractivity contribution in [1.29, 1.82) is 0 Å². The van der Waals surface area contributed by atoms with E-state index in [1.807, 2.05) is 93.6 Å². The third-order valence-electron chi connectivity index (χ3n) is 5.38. The van der Waals surface area contributed by atoms with Gasteiger partial charge in [0.2, 0.25) is 5.91 Å². The average Bonchev–Trinajstić information content (AvgIpc) is 2.80. The maximum atomic E-state index is 13.5. The molecule has 3 rings (SSSR count). The van der Waals surface area contributed by atoms with E-state index in [1.165, 1.54) is 0 Å². The van der Waals surface area contributed by atoms with Crippen LogP contribution in [0.25, 0.3) is 0 Å². The molecule has 5 heteroatoms. The van der Waals surface area contributed by atoms with Crippen molar-refractivity contribution in [2.45, 2.75) is 39.8 Å². The topological polar surface area (TPSA) is 58.6 Å². The number of nitrogens with one attached hydrogen (secondary N) is 1. The lowest BCUT2D eigenvalue weighted by atomic mass is 10.0. The maximum Gasteiger partial charge on any atom is 0.261 e. The van der Waals surface area contributed by atoms with Gasteiger partial charge in [0.15, 0.2) is 6.61 Å². The number of hydrogen-bond donors (Lipinski definition) is 1. The first kappa shape index (κ1) is 24.1. The minimum Gasteiger partial charge on any atom is -0.484 e. The largest absolute Gasteiger partial charge is 0.484 e. The van der Waals surface area contributed by atoms with Gasteiger partial charge in [-0.15, -0.1) is 0 Å². The second-order valence-electron chi connectivity index (χ2n) is 8.22. The van der Waals surface area contributed by atoms with Crippen LogP contribution in [0.5, 0.6) is 5.75 Å². The van der Waals surface area contributed by atoms with Crippen molar-refractivity contribution in [1.82, 2.24) is 10.2 Å². The van der Waals surface area contributed by atoms with Crippen molar-refractivity contribution in [3.05, 3.63) is 101 Å². The summed E-state index contributed by atoms with van der Waals surface area (Å²) in [5, 5.41) is 2.90. The zero-order valence-corrected chi connectivity index (χ0v) is 19.6. The molecule has 0 aliphatic rings. The molecule has 0 aromatic heterocycles. The summed E-state index contributed by atoms with van der Waals surface area (Å²) in [6.07, 6.45) is 0.425. The Morgan fingerprint density at radius 3 is 2.03 bits per heavy atom. The standard InChI is InChI=1S/C28H32N2O3/c1-4-29-28(32)26(18-23-11-7-5-8-12-23)30(19-24-13-9-6-10-14-24)27(31)20-33-25-16-21(2)15-22(3)17-25/h5-17,26H,4,18-20H2,1-3H3,(H,29,32)/t26-/m1/s1. The summed E-state index contributed by atoms with van der Waals surface area (Å²) >= 11 is 0. The van der Waals surface area contributed by atoms with E-state index in [0.717, 1.165) is 22.3 Å². The minimum absolute atomic E-state index is 0.138. The van der Waals surface area contributed by atoms with Gasteiger partial charge in [0, 0.05) is 19.5 Å². The van der Waals surface area contributed by atoms with Crippen LogP contribution in [-0.4, -0.2) is 35.9 Å². The van der Waals surface area contributed by atoms with Gasteiger partial charge >= 0.3 is 0 Å². The highest BCUT2D eigenvalue weighted by Gasteiger charge is 2.30. The fourth-order valence-electron chi connectivity index (χ4n) is 3.87. The molecule has 3 aromatic carbocycles. The first-order valence-corrected chi connectivity index (χ1v) is 11.3. The van der Waals surface area contributed by atoms with E-state index in [-0.39, 0.29) is 18.4 Å². The molecule has 0 aliphatic heterocycles. The smallest absolute Gasteiger partial charge is 0.261 e. The zero-order chi connectivity index (χ0) is 23.6. The van der Waals surface area contributed by atoms with E-state index >= 15 is 0 Å². The van der Waals surface area contributed by atoms with E-state index in [0.29, 0.717) is 25.3 Å². The number of nitrogens with zero attached hydrogens (tertiary/aromatic N) is 1. The normalized spacial score (nSPS) is 11.5. The Kier molecular flexibility index (Phi) is 8.64. The Hall–Kier alpha value is -3.60. The number of rotatable bonds is 10. The fourth-order valence-corrected chi connectivity index (χ4v) is 3.87. The number of aryl methyl sites for hydroxylation is 2. The molecule has 0 bridgehead atoms. The average molecular weight is 445 g/mol. The number of amides is 2. The third kappa shape index (κ3) is 7.21. The van der Waals surface area contributed by atoms with Crippen molar-refractivity contribution in [3.8, 4) is 5.75 Å². The van der Waals surface area contributed by atoms with E-state index < -0.39 is 6.04 Å². The molecule has 0 saturated carbocycles. The van der Waals surface area contributed by atoms with Gasteiger partial charge in [-0.1, -0.05) is 66.7 Å². The predicted octanol–water partition coefficient (Wildman–Crippen LogP) is 4.46. The molecular formula is C28H32N2O3. The summed E-state index contributed by atoms with van der Waals surface area (Å²) in [7, 11) is 0. The van der Waals surface area contributed by atoms with Crippen LogP contribution in [0.1, 0.15) is 29.2 Å². The van der Waals surface area contributed by atoms with Crippen LogP contribution < -0.4 is 10.1 Å². The van der Waals surface area contributed by atoms with Crippen LogP contribution in [-0.2, 0) is 22.6 Å². The molecule has 0 fully saturated rings. The molecule has 1 atom stereocenters. The lowest BCUT2D eigenvalue weighted by Crippen LogP contribution is -2.51. The van der Waals surface area contributed by atoms with Gasteiger partial charge in [-0.25, -0.2) is 0 Å². The molecule has 3 aromatic rings. The summed E-state index contributed by atoms with van der Waals surface area (Å²) in [6, 6.07) is 24.7.